The largest absolute Gasteiger partial charge is 0.412 e. The van der Waals surface area contributed by atoms with Crippen LogP contribution in [0, 0.1) is 0 Å². The van der Waals surface area contributed by atoms with Gasteiger partial charge in [0.05, 0.1) is 0 Å². The van der Waals surface area contributed by atoms with Crippen molar-refractivity contribution in [2.45, 2.75) is 0 Å². The van der Waals surface area contributed by atoms with Crippen molar-refractivity contribution in [1.82, 2.24) is 0 Å². The molecular weight excluding hydrogens is 127 g/mol. The zero-order chi connectivity index (χ0) is 3.41. The van der Waals surface area contributed by atoms with Crippen LogP contribution in [0.2, 0.25) is 0 Å². The molecule has 0 amide bonds. The minimum Gasteiger partial charge on any atom is -0.412 e. The van der Waals surface area contributed by atoms with Gasteiger partial charge in [-0.15, -0.1) is 0 Å². The van der Waals surface area contributed by atoms with Crippen molar-refractivity contribution in [3.8, 4) is 0 Å². The Hall–Kier alpha value is 0.374. The zero-order valence-electron chi connectivity index (χ0n) is 3.39. The third-order valence-electron chi connectivity index (χ3n) is 0.167. The van der Waals surface area contributed by atoms with E-state index >= 15 is 0 Å². The molecule has 0 aromatic heterocycles. The quantitative estimate of drug-likeness (QED) is 0.412. The van der Waals surface area contributed by atoms with Crippen LogP contribution >= 0.6 is 0 Å². The van der Waals surface area contributed by atoms with E-state index in [2.05, 4.69) is 0 Å². The SMILES string of the molecule is NCCN.O.[Ni]. The molecule has 6 heavy (non-hydrogen) atoms. The molecule has 0 aliphatic heterocycles. The van der Waals surface area contributed by atoms with Crippen LogP contribution in [0.4, 0.5) is 0 Å². The fourth-order valence-corrected chi connectivity index (χ4v) is 0. The Labute approximate surface area is 47.3 Å². The molecular formula is C2H10N2NiO. The molecule has 0 fully saturated rings. The molecule has 0 bridgehead atoms. The maximum atomic E-state index is 4.90. The Morgan fingerprint density at radius 1 is 1.00 bits per heavy atom. The molecule has 0 saturated carbocycles. The van der Waals surface area contributed by atoms with Gasteiger partial charge in [0.2, 0.25) is 0 Å². The smallest absolute Gasteiger partial charge is 0.00461 e. The Balaban J connectivity index is -0.0000000450. The van der Waals surface area contributed by atoms with Crippen molar-refractivity contribution in [1.29, 1.82) is 0 Å². The second kappa shape index (κ2) is 18.2. The molecule has 3 nitrogen and oxygen atoms in total. The monoisotopic (exact) mass is 136 g/mol. The molecule has 0 aliphatic carbocycles. The Morgan fingerprint density at radius 3 is 1.17 bits per heavy atom. The molecule has 0 radical (unpaired) electrons. The summed E-state index contributed by atoms with van der Waals surface area (Å²) >= 11 is 0. The summed E-state index contributed by atoms with van der Waals surface area (Å²) in [6.07, 6.45) is 0. The zero-order valence-corrected chi connectivity index (χ0v) is 4.37. The summed E-state index contributed by atoms with van der Waals surface area (Å²) in [5.41, 5.74) is 9.81. The van der Waals surface area contributed by atoms with E-state index in [9.17, 15) is 0 Å². The van der Waals surface area contributed by atoms with Crippen LogP contribution in [0.1, 0.15) is 0 Å². The Bertz CT molecular complexity index is 13.5. The van der Waals surface area contributed by atoms with Crippen LogP contribution in [0.15, 0.2) is 0 Å². The van der Waals surface area contributed by atoms with Crippen molar-refractivity contribution in [3.05, 3.63) is 0 Å². The number of hydrogen-bond acceptors (Lipinski definition) is 2. The van der Waals surface area contributed by atoms with Gasteiger partial charge in [0.1, 0.15) is 0 Å². The van der Waals surface area contributed by atoms with Crippen LogP contribution in [0.25, 0.3) is 0 Å². The molecule has 0 rings (SSSR count). The maximum Gasteiger partial charge on any atom is 0.00461 e. The van der Waals surface area contributed by atoms with E-state index in [0.717, 1.165) is 0 Å². The van der Waals surface area contributed by atoms with E-state index in [1.807, 2.05) is 0 Å². The molecule has 0 atom stereocenters. The summed E-state index contributed by atoms with van der Waals surface area (Å²) in [7, 11) is 0. The second-order valence-electron chi connectivity index (χ2n) is 0.577. The summed E-state index contributed by atoms with van der Waals surface area (Å²) in [5, 5.41) is 0. The number of hydrogen-bond donors (Lipinski definition) is 2. The van der Waals surface area contributed by atoms with Crippen LogP contribution in [0.3, 0.4) is 0 Å². The van der Waals surface area contributed by atoms with Gasteiger partial charge >= 0.3 is 0 Å². The summed E-state index contributed by atoms with van der Waals surface area (Å²) in [6.45, 7) is 1.19. The third kappa shape index (κ3) is 26.4. The molecule has 0 aliphatic rings. The first kappa shape index (κ1) is 16.2. The molecule has 6 N–H and O–H groups in total. The first-order valence-electron chi connectivity index (χ1n) is 1.32. The molecule has 0 aromatic rings. The molecule has 0 heterocycles. The summed E-state index contributed by atoms with van der Waals surface area (Å²) in [4.78, 5) is 0. The predicted octanol–water partition coefficient (Wildman–Crippen LogP) is -1.92. The van der Waals surface area contributed by atoms with E-state index in [1.165, 1.54) is 0 Å². The average Bonchev–Trinajstić information content (AvgIpc) is 1.37. The minimum absolute atomic E-state index is 0. The van der Waals surface area contributed by atoms with Crippen molar-refractivity contribution in [2.24, 2.45) is 11.5 Å². The van der Waals surface area contributed by atoms with Crippen molar-refractivity contribution in [3.63, 3.8) is 0 Å². The van der Waals surface area contributed by atoms with Gasteiger partial charge in [0.25, 0.3) is 0 Å². The molecule has 0 aromatic carbocycles. The van der Waals surface area contributed by atoms with Crippen molar-refractivity contribution in [2.75, 3.05) is 13.1 Å². The Kier molecular flexibility index (Phi) is 49.2. The first-order valence-corrected chi connectivity index (χ1v) is 1.32. The molecule has 0 saturated heterocycles. The van der Waals surface area contributed by atoms with E-state index in [1.54, 1.807) is 0 Å². The van der Waals surface area contributed by atoms with Gasteiger partial charge in [-0.3, -0.25) is 0 Å². The third-order valence-corrected chi connectivity index (χ3v) is 0.167. The fourth-order valence-electron chi connectivity index (χ4n) is 0. The fraction of sp³-hybridized carbons (Fsp3) is 1.00. The van der Waals surface area contributed by atoms with Gasteiger partial charge in [-0.05, 0) is 0 Å². The van der Waals surface area contributed by atoms with E-state index in [4.69, 9.17) is 11.5 Å². The number of nitrogens with two attached hydrogens (primary N) is 2. The van der Waals surface area contributed by atoms with Gasteiger partial charge < -0.3 is 16.9 Å². The maximum absolute atomic E-state index is 4.90. The van der Waals surface area contributed by atoms with Gasteiger partial charge in [0, 0.05) is 29.6 Å². The van der Waals surface area contributed by atoms with Crippen LogP contribution in [-0.4, -0.2) is 18.6 Å². The van der Waals surface area contributed by atoms with Gasteiger partial charge in [0.15, 0.2) is 0 Å². The van der Waals surface area contributed by atoms with Gasteiger partial charge in [-0.1, -0.05) is 0 Å². The van der Waals surface area contributed by atoms with Crippen LogP contribution in [0.5, 0.6) is 0 Å². The second-order valence-corrected chi connectivity index (χ2v) is 0.577. The van der Waals surface area contributed by atoms with Crippen LogP contribution < -0.4 is 11.5 Å². The van der Waals surface area contributed by atoms with Crippen molar-refractivity contribution >= 4 is 0 Å². The molecule has 0 unspecified atom stereocenters. The summed E-state index contributed by atoms with van der Waals surface area (Å²) in [5.74, 6) is 0. The normalized spacial score (nSPS) is 5.00. The Morgan fingerprint density at radius 2 is 1.17 bits per heavy atom. The van der Waals surface area contributed by atoms with Crippen molar-refractivity contribution < 1.29 is 22.0 Å². The first-order chi connectivity index (χ1) is 1.91. The van der Waals surface area contributed by atoms with Crippen LogP contribution in [-0.2, 0) is 16.5 Å². The molecule has 44 valence electrons. The number of rotatable bonds is 1. The predicted molar refractivity (Wildman–Crippen MR) is 21.7 cm³/mol. The van der Waals surface area contributed by atoms with Gasteiger partial charge in [-0.2, -0.15) is 0 Å². The topological polar surface area (TPSA) is 83.5 Å². The summed E-state index contributed by atoms with van der Waals surface area (Å²) < 4.78 is 0. The van der Waals surface area contributed by atoms with E-state index in [-0.39, 0.29) is 22.0 Å². The minimum atomic E-state index is 0. The van der Waals surface area contributed by atoms with E-state index in [0.29, 0.717) is 13.1 Å². The molecule has 0 spiro atoms. The van der Waals surface area contributed by atoms with E-state index < -0.39 is 0 Å². The summed E-state index contributed by atoms with van der Waals surface area (Å²) in [6, 6.07) is 0. The standard InChI is InChI=1S/C2H8N2.Ni.H2O/c3-1-2-4;;/h1-4H2;;1H2. The molecule has 4 heteroatoms. The average molecular weight is 137 g/mol. The van der Waals surface area contributed by atoms with Gasteiger partial charge in [-0.25, -0.2) is 0 Å².